The number of esters is 1. The summed E-state index contributed by atoms with van der Waals surface area (Å²) in [6, 6.07) is 22.0. The smallest absolute Gasteiger partial charge is 0.338 e. The van der Waals surface area contributed by atoms with Crippen molar-refractivity contribution in [2.24, 2.45) is 11.8 Å². The minimum Gasteiger partial charge on any atom is -0.457 e. The third-order valence-electron chi connectivity index (χ3n) is 6.72. The molecule has 1 aliphatic heterocycles. The molecule has 0 radical (unpaired) electrons. The van der Waals surface area contributed by atoms with Gasteiger partial charge in [-0.25, -0.2) is 4.79 Å². The summed E-state index contributed by atoms with van der Waals surface area (Å²) >= 11 is 12.5. The average Bonchev–Trinajstić information content (AvgIpc) is 3.18. The predicted octanol–water partition coefficient (Wildman–Crippen LogP) is 5.39. The van der Waals surface area contributed by atoms with Crippen LogP contribution in [-0.4, -0.2) is 41.1 Å². The summed E-state index contributed by atoms with van der Waals surface area (Å²) < 4.78 is 10.8. The van der Waals surface area contributed by atoms with Crippen molar-refractivity contribution in [1.82, 2.24) is 0 Å². The number of hydrogen-bond acceptors (Lipinski definition) is 6. The van der Waals surface area contributed by atoms with E-state index in [-0.39, 0.29) is 28.1 Å². The molecule has 5 rings (SSSR count). The molecule has 2 aliphatic rings. The molecule has 0 spiro atoms. The van der Waals surface area contributed by atoms with E-state index in [1.165, 1.54) is 24.3 Å². The van der Waals surface area contributed by atoms with Crippen molar-refractivity contribution in [2.75, 3.05) is 16.8 Å². The van der Waals surface area contributed by atoms with Crippen LogP contribution in [0, 0.1) is 11.8 Å². The summed E-state index contributed by atoms with van der Waals surface area (Å²) in [6.45, 7) is -0.492. The highest BCUT2D eigenvalue weighted by molar-refractivity contribution is 6.31. The first-order valence-corrected chi connectivity index (χ1v) is 13.2. The number of carbonyl (C=O) groups excluding carboxylic acids is 4. The summed E-state index contributed by atoms with van der Waals surface area (Å²) in [5.41, 5.74) is 1.04. The van der Waals surface area contributed by atoms with Crippen LogP contribution in [0.15, 0.2) is 78.9 Å². The van der Waals surface area contributed by atoms with Crippen LogP contribution >= 0.6 is 23.2 Å². The van der Waals surface area contributed by atoms with E-state index in [9.17, 15) is 19.2 Å². The molecule has 3 aromatic rings. The van der Waals surface area contributed by atoms with Gasteiger partial charge >= 0.3 is 5.97 Å². The lowest BCUT2D eigenvalue weighted by Crippen LogP contribution is -2.34. The normalized spacial score (nSPS) is 22.3. The van der Waals surface area contributed by atoms with Gasteiger partial charge in [-0.1, -0.05) is 18.2 Å². The van der Waals surface area contributed by atoms with Crippen LogP contribution < -0.4 is 15.0 Å². The number of ether oxygens (including phenoxy) is 2. The molecule has 1 heterocycles. The second-order valence-electron chi connectivity index (χ2n) is 9.34. The van der Waals surface area contributed by atoms with Crippen LogP contribution in [0.4, 0.5) is 11.4 Å². The van der Waals surface area contributed by atoms with Crippen LogP contribution in [-0.2, 0) is 19.1 Å². The number of nitrogens with one attached hydrogen (secondary N) is 1. The second kappa shape index (κ2) is 11.5. The lowest BCUT2D eigenvalue weighted by Gasteiger charge is -2.28. The maximum atomic E-state index is 12.9. The number of benzene rings is 3. The number of amides is 3. The zero-order valence-electron chi connectivity index (χ0n) is 20.6. The third-order valence-corrected chi connectivity index (χ3v) is 7.82. The molecule has 0 bridgehead atoms. The number of rotatable bonds is 7. The minimum absolute atomic E-state index is 0.173. The second-order valence-corrected chi connectivity index (χ2v) is 10.5. The maximum absolute atomic E-state index is 12.9. The Balaban J connectivity index is 1.13. The van der Waals surface area contributed by atoms with E-state index >= 15 is 0 Å². The molecule has 1 saturated carbocycles. The highest BCUT2D eigenvalue weighted by Gasteiger charge is 2.52. The van der Waals surface area contributed by atoms with Gasteiger partial charge in [-0.2, -0.15) is 0 Å². The van der Waals surface area contributed by atoms with E-state index in [4.69, 9.17) is 32.7 Å². The number of hydrogen-bond donors (Lipinski definition) is 1. The van der Waals surface area contributed by atoms with Crippen LogP contribution in [0.25, 0.3) is 0 Å². The predicted molar refractivity (Wildman–Crippen MR) is 146 cm³/mol. The largest absolute Gasteiger partial charge is 0.457 e. The fourth-order valence-electron chi connectivity index (χ4n) is 4.74. The summed E-state index contributed by atoms with van der Waals surface area (Å²) in [4.78, 5) is 51.7. The molecule has 8 nitrogen and oxygen atoms in total. The number of anilines is 2. The molecule has 39 heavy (non-hydrogen) atoms. The van der Waals surface area contributed by atoms with Gasteiger partial charge in [-0.15, -0.1) is 23.2 Å². The Bertz CT molecular complexity index is 1350. The molecule has 1 aliphatic carbocycles. The first-order chi connectivity index (χ1) is 18.8. The lowest BCUT2D eigenvalue weighted by molar-refractivity contribution is -0.122. The molecular formula is C29H24Cl2N2O6. The first-order valence-electron chi connectivity index (χ1n) is 12.4. The Morgan fingerprint density at radius 2 is 1.36 bits per heavy atom. The summed E-state index contributed by atoms with van der Waals surface area (Å²) in [5, 5.41) is 1.92. The molecule has 2 fully saturated rings. The van der Waals surface area contributed by atoms with Gasteiger partial charge in [0.25, 0.3) is 5.91 Å². The molecule has 200 valence electrons. The molecule has 1 N–H and O–H groups in total. The molecule has 3 aromatic carbocycles. The summed E-state index contributed by atoms with van der Waals surface area (Å²) in [7, 11) is 0. The topological polar surface area (TPSA) is 102 Å². The fraction of sp³-hybridized carbons (Fsp3) is 0.241. The Hall–Kier alpha value is -3.88. The van der Waals surface area contributed by atoms with Crippen molar-refractivity contribution in [2.45, 2.75) is 23.6 Å². The number of alkyl halides is 2. The van der Waals surface area contributed by atoms with E-state index in [1.807, 2.05) is 30.3 Å². The molecule has 3 amide bonds. The maximum Gasteiger partial charge on any atom is 0.338 e. The van der Waals surface area contributed by atoms with E-state index in [0.717, 1.165) is 4.90 Å². The van der Waals surface area contributed by atoms with E-state index in [1.54, 1.807) is 24.3 Å². The molecule has 10 heteroatoms. The van der Waals surface area contributed by atoms with Crippen molar-refractivity contribution in [1.29, 1.82) is 0 Å². The molecular weight excluding hydrogens is 543 g/mol. The monoisotopic (exact) mass is 566 g/mol. The Morgan fingerprint density at radius 3 is 1.95 bits per heavy atom. The van der Waals surface area contributed by atoms with Crippen LogP contribution in [0.3, 0.4) is 0 Å². The van der Waals surface area contributed by atoms with E-state index < -0.39 is 30.3 Å². The third kappa shape index (κ3) is 5.92. The van der Waals surface area contributed by atoms with Gasteiger partial charge in [0.1, 0.15) is 11.5 Å². The van der Waals surface area contributed by atoms with Gasteiger partial charge in [0.15, 0.2) is 6.61 Å². The highest BCUT2D eigenvalue weighted by Crippen LogP contribution is 2.43. The van der Waals surface area contributed by atoms with E-state index in [0.29, 0.717) is 35.7 Å². The van der Waals surface area contributed by atoms with Gasteiger partial charge in [0.2, 0.25) is 11.8 Å². The van der Waals surface area contributed by atoms with Crippen molar-refractivity contribution in [3.63, 3.8) is 0 Å². The summed E-state index contributed by atoms with van der Waals surface area (Å²) in [6.07, 6.45) is 0.694. The Kier molecular flexibility index (Phi) is 7.86. The van der Waals surface area contributed by atoms with Gasteiger partial charge in [-0.3, -0.25) is 19.3 Å². The van der Waals surface area contributed by atoms with Crippen molar-refractivity contribution < 1.29 is 28.7 Å². The number of nitrogens with zero attached hydrogens (tertiary/aromatic N) is 1. The number of para-hydroxylation sites is 1. The number of fused-ring (bicyclic) bond motifs is 1. The molecule has 1 saturated heterocycles. The Morgan fingerprint density at radius 1 is 0.795 bits per heavy atom. The quantitative estimate of drug-likeness (QED) is 0.234. The lowest BCUT2D eigenvalue weighted by atomic mass is 9.80. The molecule has 0 unspecified atom stereocenters. The van der Waals surface area contributed by atoms with Crippen molar-refractivity contribution in [3.05, 3.63) is 84.4 Å². The molecule has 4 atom stereocenters. The average molecular weight is 567 g/mol. The van der Waals surface area contributed by atoms with Crippen LogP contribution in [0.5, 0.6) is 11.5 Å². The van der Waals surface area contributed by atoms with Crippen molar-refractivity contribution >= 4 is 58.3 Å². The summed E-state index contributed by atoms with van der Waals surface area (Å²) in [5.74, 6) is -1.54. The zero-order chi connectivity index (χ0) is 27.5. The number of imide groups is 1. The standard InChI is InChI=1S/C29H24Cl2N2O6/c30-24-14-22-23(15-25(24)31)28(36)33(27(22)35)19-10-6-17(7-11-19)29(37)38-16-26(34)32-18-8-12-21(13-9-18)39-20-4-2-1-3-5-20/h1-13,22-25H,14-16H2,(H,32,34)/t22-,23-,24-,25+/m1/s1. The van der Waals surface area contributed by atoms with E-state index in [2.05, 4.69) is 5.32 Å². The fourth-order valence-corrected chi connectivity index (χ4v) is 5.33. The van der Waals surface area contributed by atoms with Gasteiger partial charge in [0, 0.05) is 5.69 Å². The number of carbonyl (C=O) groups is 4. The van der Waals surface area contributed by atoms with Gasteiger partial charge < -0.3 is 14.8 Å². The zero-order valence-corrected chi connectivity index (χ0v) is 22.1. The minimum atomic E-state index is -0.717. The molecule has 0 aromatic heterocycles. The van der Waals surface area contributed by atoms with Crippen molar-refractivity contribution in [3.8, 4) is 11.5 Å². The Labute approximate surface area is 234 Å². The van der Waals surface area contributed by atoms with Crippen LogP contribution in [0.2, 0.25) is 0 Å². The highest BCUT2D eigenvalue weighted by atomic mass is 35.5. The van der Waals surface area contributed by atoms with Crippen LogP contribution in [0.1, 0.15) is 23.2 Å². The number of halogens is 2. The first kappa shape index (κ1) is 26.7. The van der Waals surface area contributed by atoms with Gasteiger partial charge in [-0.05, 0) is 73.5 Å². The SMILES string of the molecule is O=C(COC(=O)c1ccc(N2C(=O)[C@@H]3C[C@@H](Cl)[C@@H](Cl)C[C@H]3C2=O)cc1)Nc1ccc(Oc2ccccc2)cc1. The van der Waals surface area contributed by atoms with Gasteiger partial charge in [0.05, 0.1) is 33.8 Å².